The van der Waals surface area contributed by atoms with Gasteiger partial charge in [0.1, 0.15) is 6.33 Å². The summed E-state index contributed by atoms with van der Waals surface area (Å²) in [5.74, 6) is 0. The molecule has 3 aromatic rings. The van der Waals surface area contributed by atoms with Gasteiger partial charge in [0.25, 0.3) is 0 Å². The predicted molar refractivity (Wildman–Crippen MR) is 49.3 cm³/mol. The number of benzene rings is 1. The summed E-state index contributed by atoms with van der Waals surface area (Å²) in [6.45, 7) is 0. The van der Waals surface area contributed by atoms with Crippen molar-refractivity contribution in [3.05, 3.63) is 42.9 Å². The number of pyridine rings is 1. The van der Waals surface area contributed by atoms with E-state index in [0.29, 0.717) is 0 Å². The third kappa shape index (κ3) is 1.25. The molecule has 0 aliphatic carbocycles. The first kappa shape index (κ1) is 9.35. The first-order valence-electron chi connectivity index (χ1n) is 4.04. The molecule has 0 saturated carbocycles. The number of hydrogen-bond acceptors (Lipinski definition) is 2. The Hall–Kier alpha value is -1.21. The van der Waals surface area contributed by atoms with Crippen LogP contribution in [0, 0.1) is 6.07 Å². The van der Waals surface area contributed by atoms with E-state index in [0.717, 1.165) is 16.4 Å². The van der Waals surface area contributed by atoms with E-state index in [1.165, 1.54) is 0 Å². The maximum Gasteiger partial charge on any atom is 0.114 e. The molecule has 72 valence electrons. The van der Waals surface area contributed by atoms with Gasteiger partial charge in [-0.25, -0.2) is 0 Å². The van der Waals surface area contributed by atoms with E-state index < -0.39 is 0 Å². The molecule has 3 rings (SSSR count). The molecule has 0 amide bonds. The van der Waals surface area contributed by atoms with Crippen molar-refractivity contribution < 1.29 is 21.1 Å². The number of rotatable bonds is 0. The molecule has 0 spiro atoms. The third-order valence-electron chi connectivity index (χ3n) is 2.10. The molecular weight excluding hydrogens is 357 g/mol. The van der Waals surface area contributed by atoms with E-state index in [-0.39, 0.29) is 21.1 Å². The van der Waals surface area contributed by atoms with Gasteiger partial charge in [0, 0.05) is 21.1 Å². The average molecular weight is 363 g/mol. The monoisotopic (exact) mass is 363 g/mol. The minimum atomic E-state index is 0. The van der Waals surface area contributed by atoms with E-state index in [2.05, 4.69) is 16.3 Å². The zero-order valence-corrected chi connectivity index (χ0v) is 9.39. The van der Waals surface area contributed by atoms with Crippen LogP contribution in [0.15, 0.2) is 36.8 Å². The van der Waals surface area contributed by atoms with E-state index >= 15 is 0 Å². The minimum Gasteiger partial charge on any atom is -0.330 e. The van der Waals surface area contributed by atoms with Crippen molar-refractivity contribution >= 4 is 16.4 Å². The largest absolute Gasteiger partial charge is 0.330 e. The fraction of sp³-hybridized carbons (Fsp3) is 0. The number of fused-ring (bicyclic) bond motifs is 3. The van der Waals surface area contributed by atoms with Crippen molar-refractivity contribution in [2.45, 2.75) is 0 Å². The SMILES string of the molecule is [Pt].[c-]1cccc2ccn3cnnc3c12. The van der Waals surface area contributed by atoms with Gasteiger partial charge in [0.2, 0.25) is 0 Å². The Kier molecular flexibility index (Phi) is 2.34. The first-order chi connectivity index (χ1) is 6.45. The fourth-order valence-corrected chi connectivity index (χ4v) is 1.47. The van der Waals surface area contributed by atoms with Crippen LogP contribution in [0.3, 0.4) is 0 Å². The molecule has 0 radical (unpaired) electrons. The quantitative estimate of drug-likeness (QED) is 0.569. The Morgan fingerprint density at radius 3 is 3.14 bits per heavy atom. The van der Waals surface area contributed by atoms with Crippen molar-refractivity contribution in [2.75, 3.05) is 0 Å². The molecule has 4 heteroatoms. The van der Waals surface area contributed by atoms with Crippen molar-refractivity contribution in [1.82, 2.24) is 14.6 Å². The Bertz CT molecular complexity index is 573. The molecular formula is C10H6N3Pt-. The van der Waals surface area contributed by atoms with Gasteiger partial charge < -0.3 is 4.40 Å². The van der Waals surface area contributed by atoms with Crippen LogP contribution in [-0.2, 0) is 21.1 Å². The minimum absolute atomic E-state index is 0. The molecule has 0 fully saturated rings. The van der Waals surface area contributed by atoms with Crippen LogP contribution in [0.25, 0.3) is 16.4 Å². The standard InChI is InChI=1S/C10H6N3.Pt/c1-2-4-9-8(3-1)5-6-13-7-11-12-10(9)13;/h1-3,5-7H;/q-1;. The second-order valence-corrected chi connectivity index (χ2v) is 2.88. The van der Waals surface area contributed by atoms with Crippen LogP contribution < -0.4 is 0 Å². The van der Waals surface area contributed by atoms with Crippen LogP contribution in [-0.4, -0.2) is 14.6 Å². The smallest absolute Gasteiger partial charge is 0.114 e. The zero-order valence-electron chi connectivity index (χ0n) is 7.12. The maximum absolute atomic E-state index is 4.03. The summed E-state index contributed by atoms with van der Waals surface area (Å²) < 4.78 is 1.89. The van der Waals surface area contributed by atoms with Crippen LogP contribution in [0.5, 0.6) is 0 Å². The number of hydrogen-bond donors (Lipinski definition) is 0. The van der Waals surface area contributed by atoms with Crippen LogP contribution >= 0.6 is 0 Å². The van der Waals surface area contributed by atoms with Gasteiger partial charge in [0.05, 0.1) is 5.65 Å². The molecule has 14 heavy (non-hydrogen) atoms. The Morgan fingerprint density at radius 1 is 1.29 bits per heavy atom. The first-order valence-corrected chi connectivity index (χ1v) is 4.04. The Balaban J connectivity index is 0.000000750. The van der Waals surface area contributed by atoms with Gasteiger partial charge in [-0.3, -0.25) is 0 Å². The molecule has 0 unspecified atom stereocenters. The van der Waals surface area contributed by atoms with Gasteiger partial charge >= 0.3 is 0 Å². The average Bonchev–Trinajstić information content (AvgIpc) is 2.65. The van der Waals surface area contributed by atoms with Gasteiger partial charge in [-0.1, -0.05) is 11.5 Å². The van der Waals surface area contributed by atoms with Gasteiger partial charge in [-0.2, -0.15) is 5.10 Å². The molecule has 0 saturated heterocycles. The molecule has 3 nitrogen and oxygen atoms in total. The molecule has 0 N–H and O–H groups in total. The Labute approximate surface area is 95.0 Å². The summed E-state index contributed by atoms with van der Waals surface area (Å²) in [6, 6.07) is 11.1. The summed E-state index contributed by atoms with van der Waals surface area (Å²) in [7, 11) is 0. The summed E-state index contributed by atoms with van der Waals surface area (Å²) in [6.07, 6.45) is 3.64. The molecule has 2 aromatic heterocycles. The van der Waals surface area contributed by atoms with Crippen molar-refractivity contribution in [3.8, 4) is 0 Å². The van der Waals surface area contributed by atoms with Crippen molar-refractivity contribution in [1.29, 1.82) is 0 Å². The van der Waals surface area contributed by atoms with Crippen molar-refractivity contribution in [3.63, 3.8) is 0 Å². The predicted octanol–water partition coefficient (Wildman–Crippen LogP) is 1.68. The second kappa shape index (κ2) is 3.50. The summed E-state index contributed by atoms with van der Waals surface area (Å²) >= 11 is 0. The zero-order chi connectivity index (χ0) is 8.67. The van der Waals surface area contributed by atoms with E-state index in [9.17, 15) is 0 Å². The van der Waals surface area contributed by atoms with Gasteiger partial charge in [-0.05, 0) is 6.20 Å². The number of nitrogens with zero attached hydrogens (tertiary/aromatic N) is 3. The maximum atomic E-state index is 4.03. The van der Waals surface area contributed by atoms with Crippen LogP contribution in [0.2, 0.25) is 0 Å². The molecule has 0 aliphatic heterocycles. The third-order valence-corrected chi connectivity index (χ3v) is 2.10. The molecule has 0 atom stereocenters. The number of aromatic nitrogens is 3. The molecule has 2 heterocycles. The normalized spacial score (nSPS) is 10.3. The molecule has 0 bridgehead atoms. The summed E-state index contributed by atoms with van der Waals surface area (Å²) in [4.78, 5) is 0. The Morgan fingerprint density at radius 2 is 2.21 bits per heavy atom. The topological polar surface area (TPSA) is 30.2 Å². The van der Waals surface area contributed by atoms with Gasteiger partial charge in [-0.15, -0.1) is 34.8 Å². The molecule has 0 aliphatic rings. The van der Waals surface area contributed by atoms with E-state index in [1.54, 1.807) is 6.33 Å². The van der Waals surface area contributed by atoms with Crippen LogP contribution in [0.4, 0.5) is 0 Å². The fourth-order valence-electron chi connectivity index (χ4n) is 1.47. The van der Waals surface area contributed by atoms with Crippen molar-refractivity contribution in [2.24, 2.45) is 0 Å². The summed E-state index contributed by atoms with van der Waals surface area (Å²) in [5, 5.41) is 10.0. The van der Waals surface area contributed by atoms with Crippen LogP contribution in [0.1, 0.15) is 0 Å². The summed E-state index contributed by atoms with van der Waals surface area (Å²) in [5.41, 5.74) is 0.859. The van der Waals surface area contributed by atoms with E-state index in [4.69, 9.17) is 0 Å². The van der Waals surface area contributed by atoms with E-state index in [1.807, 2.05) is 34.9 Å². The second-order valence-electron chi connectivity index (χ2n) is 2.88. The van der Waals surface area contributed by atoms with Gasteiger partial charge in [0.15, 0.2) is 0 Å². The molecule has 1 aromatic carbocycles.